The SMILES string of the molecule is Cc1cccc(C(=O)N(C)CCCN)c1F. The predicted molar refractivity (Wildman–Crippen MR) is 61.8 cm³/mol. The third-order valence-electron chi connectivity index (χ3n) is 2.47. The summed E-state index contributed by atoms with van der Waals surface area (Å²) in [6.07, 6.45) is 0.718. The van der Waals surface area contributed by atoms with Crippen LogP contribution < -0.4 is 5.73 Å². The van der Waals surface area contributed by atoms with Crippen molar-refractivity contribution in [3.05, 3.63) is 35.1 Å². The molecule has 0 heterocycles. The molecule has 1 aromatic rings. The maximum absolute atomic E-state index is 13.7. The highest BCUT2D eigenvalue weighted by Crippen LogP contribution is 2.13. The van der Waals surface area contributed by atoms with Crippen LogP contribution >= 0.6 is 0 Å². The number of nitrogens with two attached hydrogens (primary N) is 1. The number of carbonyl (C=O) groups excluding carboxylic acids is 1. The monoisotopic (exact) mass is 224 g/mol. The normalized spacial score (nSPS) is 10.2. The lowest BCUT2D eigenvalue weighted by Crippen LogP contribution is -2.29. The molecule has 0 aliphatic rings. The Morgan fingerprint density at radius 3 is 2.81 bits per heavy atom. The lowest BCUT2D eigenvalue weighted by Gasteiger charge is -2.17. The summed E-state index contributed by atoms with van der Waals surface area (Å²) in [5.41, 5.74) is 5.97. The molecule has 4 heteroatoms. The number of hydrogen-bond donors (Lipinski definition) is 1. The second-order valence-corrected chi connectivity index (χ2v) is 3.81. The van der Waals surface area contributed by atoms with E-state index in [-0.39, 0.29) is 11.5 Å². The van der Waals surface area contributed by atoms with E-state index < -0.39 is 5.82 Å². The van der Waals surface area contributed by atoms with Crippen molar-refractivity contribution in [1.82, 2.24) is 4.90 Å². The largest absolute Gasteiger partial charge is 0.342 e. The van der Waals surface area contributed by atoms with Crippen LogP contribution in [0.2, 0.25) is 0 Å². The van der Waals surface area contributed by atoms with Gasteiger partial charge in [0.15, 0.2) is 0 Å². The number of halogens is 1. The van der Waals surface area contributed by atoms with Crippen molar-refractivity contribution in [2.45, 2.75) is 13.3 Å². The zero-order valence-electron chi connectivity index (χ0n) is 9.66. The van der Waals surface area contributed by atoms with Gasteiger partial charge in [-0.3, -0.25) is 4.79 Å². The molecule has 3 nitrogen and oxygen atoms in total. The fourth-order valence-corrected chi connectivity index (χ4v) is 1.45. The first-order valence-electron chi connectivity index (χ1n) is 5.28. The summed E-state index contributed by atoms with van der Waals surface area (Å²) in [5.74, 6) is -0.734. The minimum atomic E-state index is -0.438. The van der Waals surface area contributed by atoms with Crippen LogP contribution in [0.3, 0.4) is 0 Å². The molecule has 16 heavy (non-hydrogen) atoms. The van der Waals surface area contributed by atoms with E-state index in [9.17, 15) is 9.18 Å². The molecule has 0 fully saturated rings. The highest BCUT2D eigenvalue weighted by Gasteiger charge is 2.16. The van der Waals surface area contributed by atoms with Gasteiger partial charge < -0.3 is 10.6 Å². The first kappa shape index (κ1) is 12.6. The fraction of sp³-hybridized carbons (Fsp3) is 0.417. The molecule has 1 rings (SSSR count). The smallest absolute Gasteiger partial charge is 0.256 e. The van der Waals surface area contributed by atoms with Gasteiger partial charge in [0.05, 0.1) is 5.56 Å². The van der Waals surface area contributed by atoms with Gasteiger partial charge in [0, 0.05) is 13.6 Å². The van der Waals surface area contributed by atoms with Gasteiger partial charge in [0.25, 0.3) is 5.91 Å². The Morgan fingerprint density at radius 2 is 2.19 bits per heavy atom. The standard InChI is InChI=1S/C12H17FN2O/c1-9-5-3-6-10(11(9)13)12(16)15(2)8-4-7-14/h3,5-6H,4,7-8,14H2,1-2H3. The van der Waals surface area contributed by atoms with Crippen LogP contribution in [-0.2, 0) is 0 Å². The summed E-state index contributed by atoms with van der Waals surface area (Å²) in [4.78, 5) is 13.4. The van der Waals surface area contributed by atoms with Crippen LogP contribution in [0, 0.1) is 12.7 Å². The molecule has 0 radical (unpaired) electrons. The molecule has 0 aromatic heterocycles. The molecule has 0 bridgehead atoms. The number of aryl methyl sites for hydroxylation is 1. The summed E-state index contributed by atoms with van der Waals surface area (Å²) in [6, 6.07) is 4.83. The van der Waals surface area contributed by atoms with Gasteiger partial charge >= 0.3 is 0 Å². The van der Waals surface area contributed by atoms with E-state index in [2.05, 4.69) is 0 Å². The van der Waals surface area contributed by atoms with E-state index in [0.29, 0.717) is 18.7 Å². The lowest BCUT2D eigenvalue weighted by atomic mass is 10.1. The Balaban J connectivity index is 2.84. The maximum atomic E-state index is 13.7. The van der Waals surface area contributed by atoms with Gasteiger partial charge in [-0.1, -0.05) is 12.1 Å². The summed E-state index contributed by atoms with van der Waals surface area (Å²) in [5, 5.41) is 0. The van der Waals surface area contributed by atoms with Gasteiger partial charge in [-0.05, 0) is 31.5 Å². The molecule has 0 unspecified atom stereocenters. The van der Waals surface area contributed by atoms with Crippen molar-refractivity contribution < 1.29 is 9.18 Å². The van der Waals surface area contributed by atoms with Crippen molar-refractivity contribution in [1.29, 1.82) is 0 Å². The minimum absolute atomic E-state index is 0.125. The van der Waals surface area contributed by atoms with Gasteiger partial charge in [-0.25, -0.2) is 4.39 Å². The molecule has 1 amide bonds. The van der Waals surface area contributed by atoms with E-state index >= 15 is 0 Å². The van der Waals surface area contributed by atoms with Crippen LogP contribution in [0.25, 0.3) is 0 Å². The van der Waals surface area contributed by atoms with Crippen LogP contribution in [0.15, 0.2) is 18.2 Å². The Morgan fingerprint density at radius 1 is 1.50 bits per heavy atom. The molecule has 0 saturated carbocycles. The van der Waals surface area contributed by atoms with Crippen LogP contribution in [-0.4, -0.2) is 30.9 Å². The average molecular weight is 224 g/mol. The number of carbonyl (C=O) groups is 1. The maximum Gasteiger partial charge on any atom is 0.256 e. The van der Waals surface area contributed by atoms with Crippen molar-refractivity contribution in [2.75, 3.05) is 20.1 Å². The van der Waals surface area contributed by atoms with Crippen molar-refractivity contribution in [2.24, 2.45) is 5.73 Å². The van der Waals surface area contributed by atoms with Gasteiger partial charge in [-0.2, -0.15) is 0 Å². The number of rotatable bonds is 4. The van der Waals surface area contributed by atoms with Gasteiger partial charge in [-0.15, -0.1) is 0 Å². The molecule has 0 atom stereocenters. The van der Waals surface area contributed by atoms with E-state index in [1.165, 1.54) is 11.0 Å². The van der Waals surface area contributed by atoms with Crippen LogP contribution in [0.4, 0.5) is 4.39 Å². The zero-order valence-corrected chi connectivity index (χ0v) is 9.66. The van der Waals surface area contributed by atoms with E-state index in [1.807, 2.05) is 0 Å². The topological polar surface area (TPSA) is 46.3 Å². The number of amides is 1. The fourth-order valence-electron chi connectivity index (χ4n) is 1.45. The van der Waals surface area contributed by atoms with Gasteiger partial charge in [0.1, 0.15) is 5.82 Å². The molecule has 0 aliphatic carbocycles. The Hall–Kier alpha value is -1.42. The Labute approximate surface area is 95.0 Å². The zero-order chi connectivity index (χ0) is 12.1. The molecule has 1 aromatic carbocycles. The molecular formula is C12H17FN2O. The van der Waals surface area contributed by atoms with Crippen molar-refractivity contribution >= 4 is 5.91 Å². The minimum Gasteiger partial charge on any atom is -0.342 e. The third-order valence-corrected chi connectivity index (χ3v) is 2.47. The summed E-state index contributed by atoms with van der Waals surface area (Å²) >= 11 is 0. The van der Waals surface area contributed by atoms with Crippen molar-refractivity contribution in [3.63, 3.8) is 0 Å². The number of hydrogen-bond acceptors (Lipinski definition) is 2. The summed E-state index contributed by atoms with van der Waals surface area (Å²) in [6.45, 7) is 2.71. The molecule has 88 valence electrons. The molecule has 0 spiro atoms. The van der Waals surface area contributed by atoms with Crippen LogP contribution in [0.1, 0.15) is 22.3 Å². The quantitative estimate of drug-likeness (QED) is 0.843. The van der Waals surface area contributed by atoms with Crippen LogP contribution in [0.5, 0.6) is 0 Å². The molecule has 2 N–H and O–H groups in total. The van der Waals surface area contributed by atoms with E-state index in [0.717, 1.165) is 6.42 Å². The summed E-state index contributed by atoms with van der Waals surface area (Å²) < 4.78 is 13.7. The highest BCUT2D eigenvalue weighted by molar-refractivity contribution is 5.94. The lowest BCUT2D eigenvalue weighted by molar-refractivity contribution is 0.0789. The molecule has 0 saturated heterocycles. The first-order chi connectivity index (χ1) is 7.57. The first-order valence-corrected chi connectivity index (χ1v) is 5.28. The number of nitrogens with zero attached hydrogens (tertiary/aromatic N) is 1. The molecular weight excluding hydrogens is 207 g/mol. The Bertz CT molecular complexity index is 379. The summed E-state index contributed by atoms with van der Waals surface area (Å²) in [7, 11) is 1.65. The average Bonchev–Trinajstić information content (AvgIpc) is 2.28. The number of benzene rings is 1. The van der Waals surface area contributed by atoms with Gasteiger partial charge in [0.2, 0.25) is 0 Å². The second-order valence-electron chi connectivity index (χ2n) is 3.81. The molecule has 0 aliphatic heterocycles. The second kappa shape index (κ2) is 5.61. The van der Waals surface area contributed by atoms with E-state index in [4.69, 9.17) is 5.73 Å². The highest BCUT2D eigenvalue weighted by atomic mass is 19.1. The predicted octanol–water partition coefficient (Wildman–Crippen LogP) is 1.55. The Kier molecular flexibility index (Phi) is 4.43. The third kappa shape index (κ3) is 2.79. The van der Waals surface area contributed by atoms with Crippen molar-refractivity contribution in [3.8, 4) is 0 Å². The van der Waals surface area contributed by atoms with E-state index in [1.54, 1.807) is 26.1 Å².